The molecule has 4 atom stereocenters. The summed E-state index contributed by atoms with van der Waals surface area (Å²) in [7, 11) is 0. The largest absolute Gasteiger partial charge is 0.393 e. The van der Waals surface area contributed by atoms with Crippen molar-refractivity contribution < 1.29 is 14.3 Å². The Balaban J connectivity index is 2.44. The molecule has 0 spiro atoms. The van der Waals surface area contributed by atoms with Gasteiger partial charge < -0.3 is 4.74 Å². The molecule has 3 nitrogen and oxygen atoms in total. The first-order valence-corrected chi connectivity index (χ1v) is 6.00. The predicted molar refractivity (Wildman–Crippen MR) is 63.9 cm³/mol. The summed E-state index contributed by atoms with van der Waals surface area (Å²) in [5.41, 5.74) is 2.32. The normalized spacial score (nSPS) is 36.1. The third-order valence-electron chi connectivity index (χ3n) is 3.79. The maximum atomic E-state index is 11.8. The SMILES string of the molecule is CC(C)=C[C@@H]1C=C(C)[C@@H](C)[C@H]2C(=O)OC(=O)[C@H]12. The number of hydrogen-bond acceptors (Lipinski definition) is 3. The van der Waals surface area contributed by atoms with E-state index in [-0.39, 0.29) is 35.6 Å². The highest BCUT2D eigenvalue weighted by molar-refractivity contribution is 5.97. The van der Waals surface area contributed by atoms with E-state index < -0.39 is 0 Å². The van der Waals surface area contributed by atoms with E-state index in [0.29, 0.717) is 0 Å². The molecule has 0 radical (unpaired) electrons. The summed E-state index contributed by atoms with van der Waals surface area (Å²) in [6, 6.07) is 0. The average Bonchev–Trinajstić information content (AvgIpc) is 2.49. The topological polar surface area (TPSA) is 43.4 Å². The molecule has 0 aromatic heterocycles. The molecule has 1 fully saturated rings. The van der Waals surface area contributed by atoms with Crippen LogP contribution in [0.5, 0.6) is 0 Å². The van der Waals surface area contributed by atoms with Crippen molar-refractivity contribution in [3.63, 3.8) is 0 Å². The second kappa shape index (κ2) is 4.13. The Morgan fingerprint density at radius 1 is 1.24 bits per heavy atom. The van der Waals surface area contributed by atoms with Gasteiger partial charge in [-0.05, 0) is 26.7 Å². The van der Waals surface area contributed by atoms with Crippen molar-refractivity contribution in [2.45, 2.75) is 27.7 Å². The first-order chi connectivity index (χ1) is 7.91. The van der Waals surface area contributed by atoms with E-state index in [9.17, 15) is 9.59 Å². The van der Waals surface area contributed by atoms with Crippen LogP contribution in [0.25, 0.3) is 0 Å². The van der Waals surface area contributed by atoms with Gasteiger partial charge in [0.1, 0.15) is 0 Å². The number of cyclic esters (lactones) is 2. The predicted octanol–water partition coefficient (Wildman–Crippen LogP) is 2.48. The van der Waals surface area contributed by atoms with Gasteiger partial charge in [-0.3, -0.25) is 9.59 Å². The maximum Gasteiger partial charge on any atom is 0.318 e. The summed E-state index contributed by atoms with van der Waals surface area (Å²) < 4.78 is 4.80. The summed E-state index contributed by atoms with van der Waals surface area (Å²) in [4.78, 5) is 23.5. The summed E-state index contributed by atoms with van der Waals surface area (Å²) >= 11 is 0. The zero-order chi connectivity index (χ0) is 12.7. The Morgan fingerprint density at radius 2 is 1.82 bits per heavy atom. The smallest absolute Gasteiger partial charge is 0.318 e. The number of hydrogen-bond donors (Lipinski definition) is 0. The first-order valence-electron chi connectivity index (χ1n) is 6.00. The van der Waals surface area contributed by atoms with Crippen LogP contribution in [0.1, 0.15) is 27.7 Å². The van der Waals surface area contributed by atoms with Crippen LogP contribution >= 0.6 is 0 Å². The van der Waals surface area contributed by atoms with Crippen LogP contribution in [0.15, 0.2) is 23.3 Å². The lowest BCUT2D eigenvalue weighted by Crippen LogP contribution is -2.33. The Labute approximate surface area is 102 Å². The molecule has 92 valence electrons. The second-order valence-corrected chi connectivity index (χ2v) is 5.31. The summed E-state index contributed by atoms with van der Waals surface area (Å²) in [6.07, 6.45) is 4.14. The molecule has 1 saturated heterocycles. The Kier molecular flexibility index (Phi) is 2.94. The molecular formula is C14H18O3. The van der Waals surface area contributed by atoms with E-state index in [1.807, 2.05) is 33.8 Å². The lowest BCUT2D eigenvalue weighted by Gasteiger charge is -2.30. The summed E-state index contributed by atoms with van der Waals surface area (Å²) in [5, 5.41) is 0. The third kappa shape index (κ3) is 1.94. The van der Waals surface area contributed by atoms with Gasteiger partial charge in [-0.25, -0.2) is 0 Å². The highest BCUT2D eigenvalue weighted by atomic mass is 16.6. The van der Waals surface area contributed by atoms with Gasteiger partial charge in [0.15, 0.2) is 0 Å². The fourth-order valence-corrected chi connectivity index (χ4v) is 2.82. The van der Waals surface area contributed by atoms with Gasteiger partial charge in [-0.1, -0.05) is 30.2 Å². The number of fused-ring (bicyclic) bond motifs is 1. The first kappa shape index (κ1) is 12.1. The molecular weight excluding hydrogens is 216 g/mol. The molecule has 0 bridgehead atoms. The Morgan fingerprint density at radius 3 is 2.41 bits per heavy atom. The van der Waals surface area contributed by atoms with Crippen LogP contribution < -0.4 is 0 Å². The van der Waals surface area contributed by atoms with E-state index in [1.165, 1.54) is 5.57 Å². The summed E-state index contributed by atoms with van der Waals surface area (Å²) in [6.45, 7) is 8.00. The highest BCUT2D eigenvalue weighted by Gasteiger charge is 2.51. The van der Waals surface area contributed by atoms with E-state index in [0.717, 1.165) is 5.57 Å². The standard InChI is InChI=1S/C14H18O3/c1-7(2)5-10-6-8(3)9(4)11-12(10)14(16)17-13(11)15/h5-6,9-12H,1-4H3/t9-,10-,11-,12-/m1/s1. The molecule has 0 amide bonds. The number of carbonyl (C=O) groups is 2. The van der Waals surface area contributed by atoms with Crippen molar-refractivity contribution >= 4 is 11.9 Å². The van der Waals surface area contributed by atoms with E-state index in [4.69, 9.17) is 4.74 Å². The van der Waals surface area contributed by atoms with Crippen molar-refractivity contribution in [2.24, 2.45) is 23.7 Å². The zero-order valence-electron chi connectivity index (χ0n) is 10.7. The highest BCUT2D eigenvalue weighted by Crippen LogP contribution is 2.43. The molecule has 2 aliphatic rings. The van der Waals surface area contributed by atoms with Gasteiger partial charge in [0.05, 0.1) is 11.8 Å². The third-order valence-corrected chi connectivity index (χ3v) is 3.79. The lowest BCUT2D eigenvalue weighted by atomic mass is 9.69. The van der Waals surface area contributed by atoms with E-state index in [1.54, 1.807) is 0 Å². The van der Waals surface area contributed by atoms with Crippen molar-refractivity contribution in [3.05, 3.63) is 23.3 Å². The van der Waals surface area contributed by atoms with Crippen LogP contribution in [0, 0.1) is 23.7 Å². The molecule has 3 heteroatoms. The average molecular weight is 234 g/mol. The minimum atomic E-state index is -0.363. The molecule has 0 aromatic carbocycles. The number of rotatable bonds is 1. The van der Waals surface area contributed by atoms with Gasteiger partial charge in [0.2, 0.25) is 0 Å². The fraction of sp³-hybridized carbons (Fsp3) is 0.571. The quantitative estimate of drug-likeness (QED) is 0.397. The minimum absolute atomic E-state index is 0.000139. The molecule has 0 aromatic rings. The Hall–Kier alpha value is -1.38. The van der Waals surface area contributed by atoms with Crippen LogP contribution in [0.2, 0.25) is 0 Å². The lowest BCUT2D eigenvalue weighted by molar-refractivity contribution is -0.154. The van der Waals surface area contributed by atoms with Crippen molar-refractivity contribution in [1.82, 2.24) is 0 Å². The summed E-state index contributed by atoms with van der Waals surface area (Å²) in [5.74, 6) is -1.24. The van der Waals surface area contributed by atoms with Crippen LogP contribution in [-0.2, 0) is 14.3 Å². The molecule has 17 heavy (non-hydrogen) atoms. The zero-order valence-corrected chi connectivity index (χ0v) is 10.7. The number of ether oxygens (including phenoxy) is 1. The Bertz CT molecular complexity index is 427. The molecule has 1 aliphatic heterocycles. The number of allylic oxidation sites excluding steroid dienone is 4. The molecule has 1 aliphatic carbocycles. The van der Waals surface area contributed by atoms with Gasteiger partial charge >= 0.3 is 11.9 Å². The van der Waals surface area contributed by atoms with Crippen LogP contribution in [-0.4, -0.2) is 11.9 Å². The monoisotopic (exact) mass is 234 g/mol. The second-order valence-electron chi connectivity index (χ2n) is 5.31. The number of carbonyl (C=O) groups excluding carboxylic acids is 2. The molecule has 0 N–H and O–H groups in total. The van der Waals surface area contributed by atoms with Crippen molar-refractivity contribution in [1.29, 1.82) is 0 Å². The van der Waals surface area contributed by atoms with Gasteiger partial charge in [-0.15, -0.1) is 0 Å². The molecule has 2 rings (SSSR count). The number of esters is 2. The van der Waals surface area contributed by atoms with E-state index >= 15 is 0 Å². The molecule has 1 heterocycles. The van der Waals surface area contributed by atoms with E-state index in [2.05, 4.69) is 6.08 Å². The molecule has 0 saturated carbocycles. The minimum Gasteiger partial charge on any atom is -0.393 e. The maximum absolute atomic E-state index is 11.8. The van der Waals surface area contributed by atoms with Crippen molar-refractivity contribution in [2.75, 3.05) is 0 Å². The van der Waals surface area contributed by atoms with Crippen LogP contribution in [0.4, 0.5) is 0 Å². The van der Waals surface area contributed by atoms with Crippen molar-refractivity contribution in [3.8, 4) is 0 Å². The molecule has 0 unspecified atom stereocenters. The van der Waals surface area contributed by atoms with Gasteiger partial charge in [-0.2, -0.15) is 0 Å². The van der Waals surface area contributed by atoms with Crippen LogP contribution in [0.3, 0.4) is 0 Å². The fourth-order valence-electron chi connectivity index (χ4n) is 2.82. The van der Waals surface area contributed by atoms with Gasteiger partial charge in [0.25, 0.3) is 0 Å². The van der Waals surface area contributed by atoms with Gasteiger partial charge in [0, 0.05) is 5.92 Å².